The fourth-order valence-corrected chi connectivity index (χ4v) is 3.52. The van der Waals surface area contributed by atoms with Crippen LogP contribution >= 0.6 is 22.9 Å². The molecule has 0 spiro atoms. The molecule has 20 heavy (non-hydrogen) atoms. The third-order valence-electron chi connectivity index (χ3n) is 3.41. The van der Waals surface area contributed by atoms with Gasteiger partial charge in [-0.3, -0.25) is 9.88 Å². The van der Waals surface area contributed by atoms with Gasteiger partial charge in [0.1, 0.15) is 5.01 Å². The van der Waals surface area contributed by atoms with Crippen LogP contribution in [0.5, 0.6) is 0 Å². The zero-order valence-electron chi connectivity index (χ0n) is 11.9. The summed E-state index contributed by atoms with van der Waals surface area (Å²) in [6.07, 6.45) is 5.78. The molecule has 0 aliphatic rings. The number of thiazole rings is 1. The van der Waals surface area contributed by atoms with Crippen LogP contribution in [0.25, 0.3) is 0 Å². The quantitative estimate of drug-likeness (QED) is 0.726. The van der Waals surface area contributed by atoms with E-state index >= 15 is 0 Å². The summed E-state index contributed by atoms with van der Waals surface area (Å²) in [5.41, 5.74) is 2.30. The molecule has 0 saturated carbocycles. The van der Waals surface area contributed by atoms with Gasteiger partial charge in [-0.1, -0.05) is 6.92 Å². The maximum Gasteiger partial charge on any atom is 0.110 e. The lowest BCUT2D eigenvalue weighted by atomic mass is 10.1. The van der Waals surface area contributed by atoms with Crippen molar-refractivity contribution in [3.05, 3.63) is 46.2 Å². The Morgan fingerprint density at radius 3 is 2.70 bits per heavy atom. The van der Waals surface area contributed by atoms with Crippen molar-refractivity contribution in [2.75, 3.05) is 13.6 Å². The van der Waals surface area contributed by atoms with E-state index in [1.54, 1.807) is 11.3 Å². The highest BCUT2D eigenvalue weighted by atomic mass is 35.5. The van der Waals surface area contributed by atoms with E-state index in [0.717, 1.165) is 25.1 Å². The average molecular weight is 310 g/mol. The Balaban J connectivity index is 1.96. The second kappa shape index (κ2) is 7.72. The van der Waals surface area contributed by atoms with E-state index in [1.165, 1.54) is 10.6 Å². The first kappa shape index (κ1) is 15.4. The SMILES string of the molecule is CCC(c1nc(CCl)cs1)N(C)CCc1ccncc1. The summed E-state index contributed by atoms with van der Waals surface area (Å²) >= 11 is 7.54. The minimum atomic E-state index is 0.374. The molecule has 2 heterocycles. The molecule has 0 amide bonds. The number of pyridine rings is 1. The molecule has 2 rings (SSSR count). The van der Waals surface area contributed by atoms with Crippen molar-refractivity contribution in [1.29, 1.82) is 0 Å². The van der Waals surface area contributed by atoms with Gasteiger partial charge in [0, 0.05) is 24.3 Å². The number of halogens is 1. The van der Waals surface area contributed by atoms with E-state index in [4.69, 9.17) is 11.6 Å². The Hall–Kier alpha value is -0.970. The molecule has 0 saturated heterocycles. The molecule has 1 atom stereocenters. The summed E-state index contributed by atoms with van der Waals surface area (Å²) in [5.74, 6) is 0.494. The minimum Gasteiger partial charge on any atom is -0.297 e. The van der Waals surface area contributed by atoms with Crippen molar-refractivity contribution >= 4 is 22.9 Å². The van der Waals surface area contributed by atoms with Crippen LogP contribution in [0.3, 0.4) is 0 Å². The smallest absolute Gasteiger partial charge is 0.110 e. The lowest BCUT2D eigenvalue weighted by molar-refractivity contribution is 0.241. The molecule has 0 aliphatic carbocycles. The number of aromatic nitrogens is 2. The Morgan fingerprint density at radius 2 is 2.10 bits per heavy atom. The van der Waals surface area contributed by atoms with Crippen LogP contribution < -0.4 is 0 Å². The number of hydrogen-bond donors (Lipinski definition) is 0. The Labute approximate surface area is 129 Å². The third kappa shape index (κ3) is 4.01. The molecule has 1 unspecified atom stereocenters. The van der Waals surface area contributed by atoms with Gasteiger partial charge in [-0.15, -0.1) is 22.9 Å². The lowest BCUT2D eigenvalue weighted by Crippen LogP contribution is -2.26. The normalized spacial score (nSPS) is 12.8. The summed E-state index contributed by atoms with van der Waals surface area (Å²) in [6.45, 7) is 3.22. The first-order valence-electron chi connectivity index (χ1n) is 6.84. The van der Waals surface area contributed by atoms with Gasteiger partial charge in [0.2, 0.25) is 0 Å². The van der Waals surface area contributed by atoms with Crippen LogP contribution in [0.1, 0.15) is 35.7 Å². The molecule has 2 aromatic rings. The fraction of sp³-hybridized carbons (Fsp3) is 0.467. The molecular formula is C15H20ClN3S. The Morgan fingerprint density at radius 1 is 1.35 bits per heavy atom. The highest BCUT2D eigenvalue weighted by Crippen LogP contribution is 2.26. The van der Waals surface area contributed by atoms with E-state index in [9.17, 15) is 0 Å². The summed E-state index contributed by atoms with van der Waals surface area (Å²) in [7, 11) is 2.16. The van der Waals surface area contributed by atoms with Crippen molar-refractivity contribution < 1.29 is 0 Å². The highest BCUT2D eigenvalue weighted by molar-refractivity contribution is 7.09. The first-order valence-corrected chi connectivity index (χ1v) is 8.25. The topological polar surface area (TPSA) is 29.0 Å². The van der Waals surface area contributed by atoms with E-state index in [1.807, 2.05) is 12.4 Å². The molecule has 0 aliphatic heterocycles. The van der Waals surface area contributed by atoms with Crippen molar-refractivity contribution in [1.82, 2.24) is 14.9 Å². The molecule has 5 heteroatoms. The van der Waals surface area contributed by atoms with Crippen LogP contribution in [-0.2, 0) is 12.3 Å². The van der Waals surface area contributed by atoms with Crippen molar-refractivity contribution in [2.24, 2.45) is 0 Å². The zero-order chi connectivity index (χ0) is 14.4. The van der Waals surface area contributed by atoms with Crippen LogP contribution in [0.4, 0.5) is 0 Å². The maximum atomic E-state index is 5.83. The number of likely N-dealkylation sites (N-methyl/N-ethyl adjacent to an activating group) is 1. The molecular weight excluding hydrogens is 290 g/mol. The van der Waals surface area contributed by atoms with Gasteiger partial charge >= 0.3 is 0 Å². The molecule has 0 bridgehead atoms. The number of nitrogens with zero attached hydrogens (tertiary/aromatic N) is 3. The number of alkyl halides is 1. The number of rotatable bonds is 7. The van der Waals surface area contributed by atoms with Crippen molar-refractivity contribution in [2.45, 2.75) is 31.7 Å². The van der Waals surface area contributed by atoms with Crippen LogP contribution in [0.15, 0.2) is 29.9 Å². The van der Waals surface area contributed by atoms with Crippen LogP contribution in [0, 0.1) is 0 Å². The van der Waals surface area contributed by atoms with E-state index in [-0.39, 0.29) is 0 Å². The monoisotopic (exact) mass is 309 g/mol. The second-order valence-electron chi connectivity index (χ2n) is 4.82. The first-order chi connectivity index (χ1) is 9.74. The van der Waals surface area contributed by atoms with Crippen molar-refractivity contribution in [3.8, 4) is 0 Å². The highest BCUT2D eigenvalue weighted by Gasteiger charge is 2.18. The lowest BCUT2D eigenvalue weighted by Gasteiger charge is -2.25. The third-order valence-corrected chi connectivity index (χ3v) is 4.68. The minimum absolute atomic E-state index is 0.374. The largest absolute Gasteiger partial charge is 0.297 e. The molecule has 0 N–H and O–H groups in total. The van der Waals surface area contributed by atoms with Gasteiger partial charge in [0.25, 0.3) is 0 Å². The van der Waals surface area contributed by atoms with E-state index in [0.29, 0.717) is 11.9 Å². The Bertz CT molecular complexity index is 515. The number of hydrogen-bond acceptors (Lipinski definition) is 4. The Kier molecular flexibility index (Phi) is 5.95. The molecule has 0 radical (unpaired) electrons. The van der Waals surface area contributed by atoms with Gasteiger partial charge in [0.05, 0.1) is 17.6 Å². The van der Waals surface area contributed by atoms with Gasteiger partial charge < -0.3 is 0 Å². The van der Waals surface area contributed by atoms with E-state index < -0.39 is 0 Å². The zero-order valence-corrected chi connectivity index (χ0v) is 13.5. The van der Waals surface area contributed by atoms with Gasteiger partial charge in [0.15, 0.2) is 0 Å². The van der Waals surface area contributed by atoms with Gasteiger partial charge in [-0.25, -0.2) is 4.98 Å². The van der Waals surface area contributed by atoms with Crippen molar-refractivity contribution in [3.63, 3.8) is 0 Å². The van der Waals surface area contributed by atoms with Gasteiger partial charge in [-0.2, -0.15) is 0 Å². The van der Waals surface area contributed by atoms with Crippen LogP contribution in [-0.4, -0.2) is 28.5 Å². The molecule has 0 aromatic carbocycles. The second-order valence-corrected chi connectivity index (χ2v) is 5.98. The molecule has 108 valence electrons. The summed E-state index contributed by atoms with van der Waals surface area (Å²) in [5, 5.41) is 3.22. The summed E-state index contributed by atoms with van der Waals surface area (Å²) in [6, 6.07) is 4.52. The maximum absolute atomic E-state index is 5.83. The van der Waals surface area contributed by atoms with E-state index in [2.05, 4.69) is 46.4 Å². The predicted octanol–water partition coefficient (Wildman–Crippen LogP) is 3.90. The summed E-state index contributed by atoms with van der Waals surface area (Å²) < 4.78 is 0. The molecule has 0 fully saturated rings. The average Bonchev–Trinajstić information content (AvgIpc) is 2.96. The molecule has 3 nitrogen and oxygen atoms in total. The standard InChI is InChI=1S/C15H20ClN3S/c1-3-14(15-18-13(10-16)11-20-15)19(2)9-6-12-4-7-17-8-5-12/h4-5,7-8,11,14H,3,6,9-10H2,1-2H3. The molecule has 2 aromatic heterocycles. The van der Waals surface area contributed by atoms with Gasteiger partial charge in [-0.05, 0) is 37.6 Å². The predicted molar refractivity (Wildman–Crippen MR) is 85.3 cm³/mol. The fourth-order valence-electron chi connectivity index (χ4n) is 2.22. The summed E-state index contributed by atoms with van der Waals surface area (Å²) in [4.78, 5) is 11.0. The van der Waals surface area contributed by atoms with Crippen LogP contribution in [0.2, 0.25) is 0 Å².